The largest absolute Gasteiger partial charge is 0.448 e. The molecule has 0 saturated carbocycles. The fourth-order valence-corrected chi connectivity index (χ4v) is 2.82. The Labute approximate surface area is 147 Å². The molecule has 0 bridgehead atoms. The van der Waals surface area contributed by atoms with Gasteiger partial charge in [-0.1, -0.05) is 17.3 Å². The lowest BCUT2D eigenvalue weighted by atomic mass is 10.2. The number of amides is 1. The van der Waals surface area contributed by atoms with Crippen LogP contribution in [0.3, 0.4) is 0 Å². The van der Waals surface area contributed by atoms with E-state index in [1.807, 2.05) is 18.2 Å². The second kappa shape index (κ2) is 6.14. The molecule has 0 aliphatic rings. The molecule has 0 saturated heterocycles. The molecule has 1 amide bonds. The molecule has 26 heavy (non-hydrogen) atoms. The molecule has 0 fully saturated rings. The molecule has 0 N–H and O–H groups in total. The normalized spacial score (nSPS) is 11.3. The molecule has 4 rings (SSSR count). The van der Waals surface area contributed by atoms with E-state index in [1.165, 1.54) is 15.8 Å². The zero-order valence-electron chi connectivity index (χ0n) is 14.3. The Morgan fingerprint density at radius 1 is 1.31 bits per heavy atom. The molecule has 0 radical (unpaired) electrons. The van der Waals surface area contributed by atoms with E-state index < -0.39 is 0 Å². The summed E-state index contributed by atoms with van der Waals surface area (Å²) in [5.41, 5.74) is 1.51. The van der Waals surface area contributed by atoms with Gasteiger partial charge >= 0.3 is 0 Å². The molecule has 3 aromatic heterocycles. The maximum absolute atomic E-state index is 12.6. The number of fused-ring (bicyclic) bond motifs is 3. The van der Waals surface area contributed by atoms with Crippen LogP contribution in [0.2, 0.25) is 0 Å². The maximum atomic E-state index is 12.6. The van der Waals surface area contributed by atoms with Gasteiger partial charge in [0.1, 0.15) is 29.1 Å². The fourth-order valence-electron chi connectivity index (χ4n) is 2.82. The van der Waals surface area contributed by atoms with Crippen LogP contribution in [-0.2, 0) is 17.9 Å². The highest BCUT2D eigenvalue weighted by molar-refractivity contribution is 6.01. The van der Waals surface area contributed by atoms with Gasteiger partial charge in [0, 0.05) is 18.5 Å². The van der Waals surface area contributed by atoms with Gasteiger partial charge < -0.3 is 13.8 Å². The van der Waals surface area contributed by atoms with Crippen molar-refractivity contribution in [3.8, 4) is 0 Å². The number of furan rings is 1. The van der Waals surface area contributed by atoms with Crippen molar-refractivity contribution in [2.75, 3.05) is 7.05 Å². The summed E-state index contributed by atoms with van der Waals surface area (Å²) >= 11 is 0. The zero-order chi connectivity index (χ0) is 18.3. The highest BCUT2D eigenvalue weighted by atomic mass is 16.5. The summed E-state index contributed by atoms with van der Waals surface area (Å²) in [7, 11) is 1.64. The first-order chi connectivity index (χ1) is 12.5. The van der Waals surface area contributed by atoms with Crippen LogP contribution in [0.15, 0.2) is 50.4 Å². The Balaban J connectivity index is 1.60. The lowest BCUT2D eigenvalue weighted by molar-refractivity contribution is -0.131. The number of hydrogen-bond acceptors (Lipinski definition) is 6. The van der Waals surface area contributed by atoms with Crippen molar-refractivity contribution in [1.82, 2.24) is 19.6 Å². The summed E-state index contributed by atoms with van der Waals surface area (Å²) in [6, 6.07) is 9.07. The van der Waals surface area contributed by atoms with Crippen molar-refractivity contribution in [2.24, 2.45) is 0 Å². The molecular weight excluding hydrogens is 336 g/mol. The van der Waals surface area contributed by atoms with Gasteiger partial charge in [0.2, 0.25) is 11.5 Å². The average molecular weight is 352 g/mol. The van der Waals surface area contributed by atoms with E-state index in [4.69, 9.17) is 8.94 Å². The molecule has 4 aromatic rings. The van der Waals surface area contributed by atoms with E-state index >= 15 is 0 Å². The number of benzene rings is 1. The van der Waals surface area contributed by atoms with Crippen LogP contribution >= 0.6 is 0 Å². The zero-order valence-corrected chi connectivity index (χ0v) is 14.3. The smallest absolute Gasteiger partial charge is 0.297 e. The topological polar surface area (TPSA) is 94.4 Å². The predicted molar refractivity (Wildman–Crippen MR) is 93.5 cm³/mol. The number of carbonyl (C=O) groups is 1. The lowest BCUT2D eigenvalue weighted by Crippen LogP contribution is -2.33. The van der Waals surface area contributed by atoms with Crippen molar-refractivity contribution >= 4 is 28.0 Å². The molecule has 0 atom stereocenters. The van der Waals surface area contributed by atoms with Crippen LogP contribution in [0.1, 0.15) is 11.5 Å². The van der Waals surface area contributed by atoms with E-state index in [0.29, 0.717) is 29.1 Å². The molecule has 3 heterocycles. The first-order valence-corrected chi connectivity index (χ1v) is 8.06. The second-order valence-corrected chi connectivity index (χ2v) is 6.13. The van der Waals surface area contributed by atoms with E-state index in [-0.39, 0.29) is 23.6 Å². The standard InChI is InChI=1S/C18H16N4O4/c1-11-7-12(20-26-11)8-21(2)15(23)9-22-10-19-16-13-5-3-4-6-14(13)25-17(16)18(22)24/h3-7,10H,8-9H2,1-2H3. The van der Waals surface area contributed by atoms with Crippen LogP contribution in [0.5, 0.6) is 0 Å². The van der Waals surface area contributed by atoms with Crippen LogP contribution in [0.25, 0.3) is 22.1 Å². The monoisotopic (exact) mass is 352 g/mol. The predicted octanol–water partition coefficient (Wildman–Crippen LogP) is 2.10. The van der Waals surface area contributed by atoms with Gasteiger partial charge in [-0.15, -0.1) is 0 Å². The van der Waals surface area contributed by atoms with Crippen molar-refractivity contribution in [3.63, 3.8) is 0 Å². The molecule has 132 valence electrons. The lowest BCUT2D eigenvalue weighted by Gasteiger charge is -2.16. The van der Waals surface area contributed by atoms with Gasteiger partial charge in [-0.25, -0.2) is 4.98 Å². The number of aromatic nitrogens is 3. The first-order valence-electron chi connectivity index (χ1n) is 8.06. The fraction of sp³-hybridized carbons (Fsp3) is 0.222. The van der Waals surface area contributed by atoms with Crippen LogP contribution in [-0.4, -0.2) is 32.6 Å². The minimum Gasteiger partial charge on any atom is -0.448 e. The Morgan fingerprint density at radius 2 is 2.12 bits per heavy atom. The number of nitrogens with zero attached hydrogens (tertiary/aromatic N) is 4. The van der Waals surface area contributed by atoms with E-state index in [9.17, 15) is 9.59 Å². The number of rotatable bonds is 4. The van der Waals surface area contributed by atoms with Gasteiger partial charge in [0.15, 0.2) is 0 Å². The third kappa shape index (κ3) is 2.75. The Bertz CT molecular complexity index is 1170. The van der Waals surface area contributed by atoms with Crippen LogP contribution in [0.4, 0.5) is 0 Å². The number of hydrogen-bond donors (Lipinski definition) is 0. The first kappa shape index (κ1) is 16.1. The van der Waals surface area contributed by atoms with Crippen molar-refractivity contribution in [3.05, 3.63) is 58.5 Å². The average Bonchev–Trinajstić information content (AvgIpc) is 3.21. The van der Waals surface area contributed by atoms with Crippen molar-refractivity contribution < 1.29 is 13.7 Å². The van der Waals surface area contributed by atoms with Gasteiger partial charge in [-0.3, -0.25) is 14.2 Å². The van der Waals surface area contributed by atoms with Gasteiger partial charge in [0.25, 0.3) is 5.56 Å². The second-order valence-electron chi connectivity index (χ2n) is 6.13. The maximum Gasteiger partial charge on any atom is 0.297 e. The van der Waals surface area contributed by atoms with Crippen LogP contribution < -0.4 is 5.56 Å². The molecule has 0 aliphatic heterocycles. The summed E-state index contributed by atoms with van der Waals surface area (Å²) in [5, 5.41) is 4.64. The summed E-state index contributed by atoms with van der Waals surface area (Å²) in [6.45, 7) is 1.95. The number of para-hydroxylation sites is 1. The summed E-state index contributed by atoms with van der Waals surface area (Å²) in [5.74, 6) is 0.432. The molecule has 8 nitrogen and oxygen atoms in total. The Morgan fingerprint density at radius 3 is 2.88 bits per heavy atom. The highest BCUT2D eigenvalue weighted by Crippen LogP contribution is 2.24. The number of carbonyl (C=O) groups excluding carboxylic acids is 1. The van der Waals surface area contributed by atoms with Crippen LogP contribution in [0, 0.1) is 6.92 Å². The molecule has 0 aliphatic carbocycles. The minimum atomic E-state index is -0.384. The third-order valence-corrected chi connectivity index (χ3v) is 4.16. The van der Waals surface area contributed by atoms with E-state index in [0.717, 1.165) is 5.39 Å². The molecule has 0 spiro atoms. The molecule has 1 aromatic carbocycles. The SMILES string of the molecule is Cc1cc(CN(C)C(=O)Cn2cnc3c(oc4ccccc43)c2=O)no1. The third-order valence-electron chi connectivity index (χ3n) is 4.16. The number of aryl methyl sites for hydroxylation is 1. The van der Waals surface area contributed by atoms with Gasteiger partial charge in [-0.2, -0.15) is 0 Å². The quantitative estimate of drug-likeness (QED) is 0.558. The van der Waals surface area contributed by atoms with Crippen molar-refractivity contribution in [2.45, 2.75) is 20.0 Å². The number of likely N-dealkylation sites (N-methyl/N-ethyl adjacent to an activating group) is 1. The van der Waals surface area contributed by atoms with E-state index in [1.54, 1.807) is 26.1 Å². The van der Waals surface area contributed by atoms with Gasteiger partial charge in [-0.05, 0) is 19.1 Å². The molecule has 0 unspecified atom stereocenters. The molecule has 8 heteroatoms. The minimum absolute atomic E-state index is 0.133. The van der Waals surface area contributed by atoms with E-state index in [2.05, 4.69) is 10.1 Å². The summed E-state index contributed by atoms with van der Waals surface area (Å²) in [4.78, 5) is 30.9. The summed E-state index contributed by atoms with van der Waals surface area (Å²) < 4.78 is 11.9. The Hall–Kier alpha value is -3.42. The Kier molecular flexibility index (Phi) is 3.80. The molecular formula is C18H16N4O4. The summed E-state index contributed by atoms with van der Waals surface area (Å²) in [6.07, 6.45) is 1.37. The van der Waals surface area contributed by atoms with Crippen molar-refractivity contribution in [1.29, 1.82) is 0 Å². The highest BCUT2D eigenvalue weighted by Gasteiger charge is 2.17. The van der Waals surface area contributed by atoms with Gasteiger partial charge in [0.05, 0.1) is 12.9 Å².